The third kappa shape index (κ3) is 8.67. The number of aromatic nitrogens is 6. The maximum atomic E-state index is 15.0. The summed E-state index contributed by atoms with van der Waals surface area (Å²) in [5.41, 5.74) is 3.20. The molecule has 4 heterocycles. The molecule has 0 radical (unpaired) electrons. The largest absolute Gasteiger partial charge is 0.493 e. The van der Waals surface area contributed by atoms with Crippen molar-refractivity contribution in [3.63, 3.8) is 0 Å². The number of benzene rings is 4. The first-order chi connectivity index (χ1) is 28.3. The van der Waals surface area contributed by atoms with Gasteiger partial charge in [0.25, 0.3) is 0 Å². The molecule has 4 aromatic carbocycles. The molecule has 0 amide bonds. The summed E-state index contributed by atoms with van der Waals surface area (Å²) in [6, 6.07) is 29.7. The molecule has 4 atom stereocenters. The van der Waals surface area contributed by atoms with Crippen molar-refractivity contribution >= 4 is 11.4 Å². The van der Waals surface area contributed by atoms with Gasteiger partial charge in [-0.1, -0.05) is 43.3 Å². The number of ether oxygens (including phenoxy) is 3. The van der Waals surface area contributed by atoms with Crippen LogP contribution in [0.3, 0.4) is 0 Å². The fourth-order valence-electron chi connectivity index (χ4n) is 8.11. The molecule has 6 aromatic rings. The number of piperazine rings is 1. The summed E-state index contributed by atoms with van der Waals surface area (Å²) in [5, 5.41) is 8.89. The van der Waals surface area contributed by atoms with E-state index in [-0.39, 0.29) is 30.3 Å². The van der Waals surface area contributed by atoms with E-state index in [1.165, 1.54) is 23.1 Å². The van der Waals surface area contributed by atoms with E-state index < -0.39 is 17.2 Å². The van der Waals surface area contributed by atoms with Crippen LogP contribution in [0.15, 0.2) is 115 Å². The van der Waals surface area contributed by atoms with Crippen molar-refractivity contribution in [2.45, 2.75) is 57.6 Å². The molecule has 2 fully saturated rings. The number of aromatic amines is 1. The molecule has 0 spiro atoms. The Hall–Kier alpha value is -5.86. The Bertz CT molecular complexity index is 2300. The van der Waals surface area contributed by atoms with E-state index in [0.717, 1.165) is 60.5 Å². The van der Waals surface area contributed by atoms with Gasteiger partial charge in [-0.2, -0.15) is 5.10 Å². The first kappa shape index (κ1) is 39.0. The second kappa shape index (κ2) is 17.3. The van der Waals surface area contributed by atoms with Crippen molar-refractivity contribution in [1.82, 2.24) is 29.5 Å². The van der Waals surface area contributed by atoms with Gasteiger partial charge < -0.3 is 24.0 Å². The highest BCUT2D eigenvalue weighted by Crippen LogP contribution is 2.42. The number of halogens is 2. The molecular formula is C44H48F2N8O4. The van der Waals surface area contributed by atoms with Gasteiger partial charge in [-0.15, -0.1) is 5.10 Å². The third-order valence-electron chi connectivity index (χ3n) is 11.3. The SMILES string of the molecule is CC[C@H]([C@@H](C)OCc1ccccc1)n1nc(-c2ccc(N3CCN(c4ccc(OC[C@H]5CO[C@](Cn6cncn6)(c6ccc(F)cc6F)C5)cc4)CC3)cc2)[nH]c1=O. The molecule has 2 saturated heterocycles. The van der Waals surface area contributed by atoms with Gasteiger partial charge in [-0.25, -0.2) is 27.9 Å². The minimum Gasteiger partial charge on any atom is -0.493 e. The van der Waals surface area contributed by atoms with Crippen molar-refractivity contribution in [3.05, 3.63) is 143 Å². The Balaban J connectivity index is 0.827. The summed E-state index contributed by atoms with van der Waals surface area (Å²) in [4.78, 5) is 24.7. The van der Waals surface area contributed by atoms with Crippen LogP contribution in [-0.2, 0) is 28.2 Å². The van der Waals surface area contributed by atoms with Gasteiger partial charge in [0.05, 0.1) is 38.5 Å². The fourth-order valence-corrected chi connectivity index (χ4v) is 8.11. The highest BCUT2D eigenvalue weighted by Gasteiger charge is 2.44. The lowest BCUT2D eigenvalue weighted by Crippen LogP contribution is -2.46. The maximum absolute atomic E-state index is 15.0. The molecule has 58 heavy (non-hydrogen) atoms. The van der Waals surface area contributed by atoms with Crippen LogP contribution in [0.5, 0.6) is 5.75 Å². The molecule has 302 valence electrons. The molecule has 0 saturated carbocycles. The van der Waals surface area contributed by atoms with Gasteiger partial charge in [-0.05, 0) is 79.9 Å². The second-order valence-corrected chi connectivity index (χ2v) is 15.1. The van der Waals surface area contributed by atoms with Gasteiger partial charge in [0, 0.05) is 60.7 Å². The fraction of sp³-hybridized carbons (Fsp3) is 0.364. The Morgan fingerprint density at radius 3 is 2.29 bits per heavy atom. The van der Waals surface area contributed by atoms with Gasteiger partial charge >= 0.3 is 5.69 Å². The zero-order valence-corrected chi connectivity index (χ0v) is 32.7. The third-order valence-corrected chi connectivity index (χ3v) is 11.3. The van der Waals surface area contributed by atoms with Crippen LogP contribution in [0, 0.1) is 17.6 Å². The smallest absolute Gasteiger partial charge is 0.343 e. The molecule has 2 aliphatic rings. The Kier molecular flexibility index (Phi) is 11.6. The van der Waals surface area contributed by atoms with E-state index in [4.69, 9.17) is 19.3 Å². The molecule has 0 unspecified atom stereocenters. The van der Waals surface area contributed by atoms with E-state index in [1.807, 2.05) is 68.4 Å². The standard InChI is InChI=1S/C44H48F2N8O4/c1-3-41(31(2)56-25-32-7-5-4-6-8-32)54-43(55)49-42(50-54)34-9-12-36(13-10-34)51-19-21-52(22-20-51)37-14-16-38(17-15-37)57-26-33-24-44(58-27-33,28-53-30-47-29-48-53)39-18-11-35(45)23-40(39)46/h4-18,23,29-31,33,41H,3,19-22,24-28H2,1-2H3,(H,49,50,55)/t31-,33+,41-,44-/m1/s1. The highest BCUT2D eigenvalue weighted by atomic mass is 19.1. The molecule has 8 rings (SSSR count). The van der Waals surface area contributed by atoms with Crippen LogP contribution in [0.1, 0.15) is 43.9 Å². The van der Waals surface area contributed by atoms with Crippen LogP contribution in [0.4, 0.5) is 20.2 Å². The van der Waals surface area contributed by atoms with E-state index in [1.54, 1.807) is 11.0 Å². The summed E-state index contributed by atoms with van der Waals surface area (Å²) in [6.45, 7) is 8.93. The lowest BCUT2D eigenvalue weighted by Gasteiger charge is -2.37. The van der Waals surface area contributed by atoms with Gasteiger partial charge in [0.2, 0.25) is 0 Å². The number of nitrogens with zero attached hydrogens (tertiary/aromatic N) is 7. The number of hydrogen-bond donors (Lipinski definition) is 1. The molecule has 12 nitrogen and oxygen atoms in total. The van der Waals surface area contributed by atoms with Gasteiger partial charge in [0.1, 0.15) is 35.6 Å². The molecular weight excluding hydrogens is 743 g/mol. The van der Waals surface area contributed by atoms with Crippen molar-refractivity contribution in [2.24, 2.45) is 5.92 Å². The molecule has 1 N–H and O–H groups in total. The van der Waals surface area contributed by atoms with Crippen molar-refractivity contribution in [2.75, 3.05) is 49.2 Å². The lowest BCUT2D eigenvalue weighted by molar-refractivity contribution is -0.0206. The van der Waals surface area contributed by atoms with Crippen molar-refractivity contribution in [3.8, 4) is 17.1 Å². The number of rotatable bonds is 15. The number of hydrogen-bond acceptors (Lipinski definition) is 9. The molecule has 2 aliphatic heterocycles. The summed E-state index contributed by atoms with van der Waals surface area (Å²) in [6.07, 6.45) is 3.97. The number of H-pyrrole nitrogens is 1. The molecule has 2 aromatic heterocycles. The first-order valence-electron chi connectivity index (χ1n) is 19.9. The number of nitrogens with one attached hydrogen (secondary N) is 1. The van der Waals surface area contributed by atoms with Crippen LogP contribution < -0.4 is 20.2 Å². The summed E-state index contributed by atoms with van der Waals surface area (Å²) >= 11 is 0. The van der Waals surface area contributed by atoms with Crippen molar-refractivity contribution in [1.29, 1.82) is 0 Å². The van der Waals surface area contributed by atoms with Crippen LogP contribution >= 0.6 is 0 Å². The van der Waals surface area contributed by atoms with Gasteiger partial charge in [-0.3, -0.25) is 4.98 Å². The topological polar surface area (TPSA) is 116 Å². The lowest BCUT2D eigenvalue weighted by atomic mass is 9.87. The van der Waals surface area contributed by atoms with Crippen LogP contribution in [-0.4, -0.2) is 75.0 Å². The summed E-state index contributed by atoms with van der Waals surface area (Å²) in [5.74, 6) is -0.0141. The highest BCUT2D eigenvalue weighted by molar-refractivity contribution is 5.61. The van der Waals surface area contributed by atoms with E-state index >= 15 is 4.39 Å². The molecule has 0 aliphatic carbocycles. The maximum Gasteiger partial charge on any atom is 0.343 e. The Morgan fingerprint density at radius 2 is 1.64 bits per heavy atom. The quantitative estimate of drug-likeness (QED) is 0.117. The van der Waals surface area contributed by atoms with E-state index in [2.05, 4.69) is 49.1 Å². The summed E-state index contributed by atoms with van der Waals surface area (Å²) in [7, 11) is 0. The van der Waals surface area contributed by atoms with Gasteiger partial charge in [0.15, 0.2) is 5.82 Å². The average molecular weight is 791 g/mol. The van der Waals surface area contributed by atoms with Crippen molar-refractivity contribution < 1.29 is 23.0 Å². The minimum atomic E-state index is -1.02. The molecule has 14 heteroatoms. The predicted octanol–water partition coefficient (Wildman–Crippen LogP) is 7.00. The predicted molar refractivity (Wildman–Crippen MR) is 217 cm³/mol. The van der Waals surface area contributed by atoms with Crippen LogP contribution in [0.25, 0.3) is 11.4 Å². The van der Waals surface area contributed by atoms with E-state index in [9.17, 15) is 9.18 Å². The second-order valence-electron chi connectivity index (χ2n) is 15.1. The zero-order chi connectivity index (χ0) is 40.1. The Morgan fingerprint density at radius 1 is 0.931 bits per heavy atom. The first-order valence-corrected chi connectivity index (χ1v) is 19.9. The minimum absolute atomic E-state index is 0.0120. The normalized spacial score (nSPS) is 19.3. The Labute approximate surface area is 336 Å². The van der Waals surface area contributed by atoms with Crippen LogP contribution in [0.2, 0.25) is 0 Å². The summed E-state index contributed by atoms with van der Waals surface area (Å²) < 4.78 is 50.5. The monoisotopic (exact) mass is 790 g/mol. The molecule has 0 bridgehead atoms. The average Bonchev–Trinajstić information content (AvgIpc) is 4.02. The van der Waals surface area contributed by atoms with E-state index in [0.29, 0.717) is 44.1 Å². The number of anilines is 2. The zero-order valence-electron chi connectivity index (χ0n) is 32.7.